The second-order valence-electron chi connectivity index (χ2n) is 5.40. The average Bonchev–Trinajstić information content (AvgIpc) is 2.35. The average molecular weight is 291 g/mol. The molecule has 1 aliphatic heterocycles. The molecule has 0 spiro atoms. The van der Waals surface area contributed by atoms with Crippen LogP contribution in [0.25, 0.3) is 0 Å². The summed E-state index contributed by atoms with van der Waals surface area (Å²) in [6, 6.07) is 0. The number of sulfone groups is 1. The van der Waals surface area contributed by atoms with Crippen LogP contribution >= 0.6 is 0 Å². The van der Waals surface area contributed by atoms with Gasteiger partial charge in [0.2, 0.25) is 5.91 Å². The van der Waals surface area contributed by atoms with E-state index in [1.54, 1.807) is 0 Å². The molecule has 0 aliphatic carbocycles. The molecule has 0 aromatic rings. The zero-order valence-corrected chi connectivity index (χ0v) is 12.6. The van der Waals surface area contributed by atoms with Crippen molar-refractivity contribution < 1.29 is 22.7 Å². The Bertz CT molecular complexity index is 469. The first-order chi connectivity index (χ1) is 8.61. The summed E-state index contributed by atoms with van der Waals surface area (Å²) in [7, 11) is -2.19. The maximum absolute atomic E-state index is 12.3. The Kier molecular flexibility index (Phi) is 4.60. The van der Waals surface area contributed by atoms with Gasteiger partial charge in [0.05, 0.1) is 13.0 Å². The minimum atomic E-state index is -3.50. The minimum Gasteiger partial charge on any atom is -0.469 e. The van der Waals surface area contributed by atoms with Gasteiger partial charge in [0.25, 0.3) is 0 Å². The SMILES string of the molecule is COC(=O)[C@H]1CCCN(C(=O)C(C)(C)S(C)(=O)=O)C1. The number of hydrogen-bond acceptors (Lipinski definition) is 5. The van der Waals surface area contributed by atoms with E-state index in [4.69, 9.17) is 0 Å². The van der Waals surface area contributed by atoms with Gasteiger partial charge in [-0.2, -0.15) is 0 Å². The van der Waals surface area contributed by atoms with E-state index >= 15 is 0 Å². The summed E-state index contributed by atoms with van der Waals surface area (Å²) in [6.07, 6.45) is 2.38. The molecule has 19 heavy (non-hydrogen) atoms. The molecule has 0 unspecified atom stereocenters. The molecule has 1 fully saturated rings. The third-order valence-corrected chi connectivity index (χ3v) is 5.71. The lowest BCUT2D eigenvalue weighted by atomic mass is 9.97. The molecule has 1 amide bonds. The van der Waals surface area contributed by atoms with Crippen molar-refractivity contribution in [1.82, 2.24) is 4.90 Å². The first-order valence-electron chi connectivity index (χ1n) is 6.18. The quantitative estimate of drug-likeness (QED) is 0.695. The van der Waals surface area contributed by atoms with E-state index in [1.807, 2.05) is 0 Å². The van der Waals surface area contributed by atoms with Crippen molar-refractivity contribution in [2.24, 2.45) is 5.92 Å². The Labute approximate surface area is 114 Å². The van der Waals surface area contributed by atoms with Crippen LogP contribution < -0.4 is 0 Å². The van der Waals surface area contributed by atoms with Crippen LogP contribution in [0.1, 0.15) is 26.7 Å². The van der Waals surface area contributed by atoms with E-state index in [0.717, 1.165) is 6.26 Å². The molecule has 0 aromatic carbocycles. The highest BCUT2D eigenvalue weighted by molar-refractivity contribution is 7.92. The van der Waals surface area contributed by atoms with E-state index in [9.17, 15) is 18.0 Å². The summed E-state index contributed by atoms with van der Waals surface area (Å²) in [5.74, 6) is -1.17. The number of likely N-dealkylation sites (tertiary alicyclic amines) is 1. The van der Waals surface area contributed by atoms with Crippen molar-refractivity contribution in [3.05, 3.63) is 0 Å². The molecule has 1 atom stereocenters. The van der Waals surface area contributed by atoms with Gasteiger partial charge in [0, 0.05) is 19.3 Å². The Hall–Kier alpha value is -1.11. The van der Waals surface area contributed by atoms with Gasteiger partial charge >= 0.3 is 5.97 Å². The number of hydrogen-bond donors (Lipinski definition) is 0. The Balaban J connectivity index is 2.86. The molecule has 0 saturated carbocycles. The van der Waals surface area contributed by atoms with E-state index < -0.39 is 20.5 Å². The molecule has 0 radical (unpaired) electrons. The lowest BCUT2D eigenvalue weighted by molar-refractivity contribution is -0.149. The van der Waals surface area contributed by atoms with Gasteiger partial charge in [0.1, 0.15) is 4.75 Å². The fraction of sp³-hybridized carbons (Fsp3) is 0.833. The van der Waals surface area contributed by atoms with Crippen LogP contribution in [0.15, 0.2) is 0 Å². The predicted molar refractivity (Wildman–Crippen MR) is 70.2 cm³/mol. The van der Waals surface area contributed by atoms with E-state index in [2.05, 4.69) is 4.74 Å². The van der Waals surface area contributed by atoms with Crippen LogP contribution in [0.2, 0.25) is 0 Å². The van der Waals surface area contributed by atoms with Crippen molar-refractivity contribution in [3.63, 3.8) is 0 Å². The van der Waals surface area contributed by atoms with Gasteiger partial charge < -0.3 is 9.64 Å². The summed E-state index contributed by atoms with van der Waals surface area (Å²) in [5, 5.41) is 0. The lowest BCUT2D eigenvalue weighted by Crippen LogP contribution is -2.53. The Morgan fingerprint density at radius 2 is 1.89 bits per heavy atom. The van der Waals surface area contributed by atoms with Crippen molar-refractivity contribution in [3.8, 4) is 0 Å². The summed E-state index contributed by atoms with van der Waals surface area (Å²) >= 11 is 0. The monoisotopic (exact) mass is 291 g/mol. The van der Waals surface area contributed by atoms with Gasteiger partial charge in [-0.05, 0) is 26.7 Å². The maximum atomic E-state index is 12.3. The number of ether oxygens (including phenoxy) is 1. The largest absolute Gasteiger partial charge is 0.469 e. The minimum absolute atomic E-state index is 0.227. The highest BCUT2D eigenvalue weighted by Gasteiger charge is 2.43. The second kappa shape index (κ2) is 5.48. The number of carbonyl (C=O) groups is 2. The number of carbonyl (C=O) groups excluding carboxylic acids is 2. The van der Waals surface area contributed by atoms with Crippen LogP contribution in [0.4, 0.5) is 0 Å². The number of methoxy groups -OCH3 is 1. The van der Waals surface area contributed by atoms with E-state index in [-0.39, 0.29) is 18.4 Å². The standard InChI is InChI=1S/C12H21NO5S/c1-12(2,19(4,16)17)11(15)13-7-5-6-9(8-13)10(14)18-3/h9H,5-8H2,1-4H3/t9-/m0/s1. The lowest BCUT2D eigenvalue weighted by Gasteiger charge is -2.35. The predicted octanol–water partition coefficient (Wildman–Crippen LogP) is 0.221. The topological polar surface area (TPSA) is 80.8 Å². The smallest absolute Gasteiger partial charge is 0.310 e. The van der Waals surface area contributed by atoms with Crippen molar-refractivity contribution in [1.29, 1.82) is 0 Å². The van der Waals surface area contributed by atoms with Crippen LogP contribution in [0.3, 0.4) is 0 Å². The Morgan fingerprint density at radius 1 is 1.32 bits per heavy atom. The summed E-state index contributed by atoms with van der Waals surface area (Å²) in [6.45, 7) is 3.49. The molecule has 0 bridgehead atoms. The molecule has 6 nitrogen and oxygen atoms in total. The number of rotatable bonds is 3. The number of piperidine rings is 1. The van der Waals surface area contributed by atoms with Gasteiger partial charge in [-0.25, -0.2) is 8.42 Å². The van der Waals surface area contributed by atoms with Gasteiger partial charge in [-0.3, -0.25) is 9.59 Å². The Morgan fingerprint density at radius 3 is 2.37 bits per heavy atom. The van der Waals surface area contributed by atoms with Gasteiger partial charge in [0.15, 0.2) is 9.84 Å². The molecule has 0 N–H and O–H groups in total. The van der Waals surface area contributed by atoms with Crippen molar-refractivity contribution in [2.75, 3.05) is 26.5 Å². The third kappa shape index (κ3) is 3.26. The molecule has 0 aromatic heterocycles. The van der Waals surface area contributed by atoms with Crippen LogP contribution in [-0.4, -0.2) is 56.4 Å². The first kappa shape index (κ1) is 15.9. The number of esters is 1. The zero-order valence-electron chi connectivity index (χ0n) is 11.8. The van der Waals surface area contributed by atoms with Gasteiger partial charge in [-0.15, -0.1) is 0 Å². The highest BCUT2D eigenvalue weighted by atomic mass is 32.2. The fourth-order valence-corrected chi connectivity index (χ4v) is 2.51. The number of amides is 1. The molecule has 7 heteroatoms. The molecule has 1 rings (SSSR count). The summed E-state index contributed by atoms with van der Waals surface area (Å²) in [5.41, 5.74) is 0. The van der Waals surface area contributed by atoms with Crippen LogP contribution in [-0.2, 0) is 24.2 Å². The van der Waals surface area contributed by atoms with Crippen molar-refractivity contribution >= 4 is 21.7 Å². The van der Waals surface area contributed by atoms with Crippen molar-refractivity contribution in [2.45, 2.75) is 31.4 Å². The van der Waals surface area contributed by atoms with Crippen LogP contribution in [0.5, 0.6) is 0 Å². The van der Waals surface area contributed by atoms with Gasteiger partial charge in [-0.1, -0.05) is 0 Å². The second-order valence-corrected chi connectivity index (χ2v) is 7.96. The summed E-state index contributed by atoms with van der Waals surface area (Å²) < 4.78 is 26.5. The number of nitrogens with zero attached hydrogens (tertiary/aromatic N) is 1. The van der Waals surface area contributed by atoms with E-state index in [1.165, 1.54) is 25.9 Å². The normalized spacial score (nSPS) is 21.1. The fourth-order valence-electron chi connectivity index (χ4n) is 2.06. The molecule has 1 aliphatic rings. The van der Waals surface area contributed by atoms with Crippen LogP contribution in [0, 0.1) is 5.92 Å². The molecule has 1 saturated heterocycles. The molecular formula is C12H21NO5S. The molecule has 1 heterocycles. The molecule has 110 valence electrons. The molecular weight excluding hydrogens is 270 g/mol. The first-order valence-corrected chi connectivity index (χ1v) is 8.07. The maximum Gasteiger partial charge on any atom is 0.310 e. The third-order valence-electron chi connectivity index (χ3n) is 3.69. The highest BCUT2D eigenvalue weighted by Crippen LogP contribution is 2.24. The zero-order chi connectivity index (χ0) is 14.8. The van der Waals surface area contributed by atoms with E-state index in [0.29, 0.717) is 19.4 Å². The summed E-state index contributed by atoms with van der Waals surface area (Å²) in [4.78, 5) is 25.3.